The summed E-state index contributed by atoms with van der Waals surface area (Å²) in [7, 11) is 1.57. The number of aromatic nitrogens is 4. The van der Waals surface area contributed by atoms with Crippen molar-refractivity contribution in [1.82, 2.24) is 19.7 Å². The van der Waals surface area contributed by atoms with Gasteiger partial charge >= 0.3 is 0 Å². The number of nitrogens with zero attached hydrogens (tertiary/aromatic N) is 4. The smallest absolute Gasteiger partial charge is 0.158 e. The Hall–Kier alpha value is -2.31. The molecule has 0 aromatic carbocycles. The third-order valence-electron chi connectivity index (χ3n) is 3.59. The van der Waals surface area contributed by atoms with Crippen LogP contribution in [0.25, 0.3) is 22.2 Å². The summed E-state index contributed by atoms with van der Waals surface area (Å²) in [5.41, 5.74) is 3.23. The molecular weight excluding hydrogens is 316 g/mol. The van der Waals surface area contributed by atoms with E-state index in [2.05, 4.69) is 15.1 Å². The number of rotatable bonds is 5. The number of pyridine rings is 2. The van der Waals surface area contributed by atoms with Gasteiger partial charge in [-0.2, -0.15) is 5.10 Å². The molecule has 0 atom stereocenters. The number of halogens is 1. The van der Waals surface area contributed by atoms with E-state index in [-0.39, 0.29) is 6.61 Å². The molecule has 0 spiro atoms. The third-order valence-corrected chi connectivity index (χ3v) is 3.80. The Balaban J connectivity index is 2.40. The minimum absolute atomic E-state index is 0.236. The Morgan fingerprint density at radius 2 is 2.17 bits per heavy atom. The van der Waals surface area contributed by atoms with Crippen molar-refractivity contribution in [1.29, 1.82) is 0 Å². The summed E-state index contributed by atoms with van der Waals surface area (Å²) in [4.78, 5) is 20.4. The van der Waals surface area contributed by atoms with Gasteiger partial charge in [0, 0.05) is 48.1 Å². The van der Waals surface area contributed by atoms with Crippen molar-refractivity contribution in [3.8, 4) is 11.1 Å². The van der Waals surface area contributed by atoms with Gasteiger partial charge in [0.25, 0.3) is 0 Å². The zero-order valence-electron chi connectivity index (χ0n) is 12.8. The number of carbonyl (C=O) groups excluding carboxylic acids is 1. The minimum atomic E-state index is 0.236. The highest BCUT2D eigenvalue weighted by Crippen LogP contribution is 2.33. The molecule has 6 nitrogen and oxygen atoms in total. The van der Waals surface area contributed by atoms with Crippen molar-refractivity contribution < 1.29 is 9.53 Å². The van der Waals surface area contributed by atoms with Crippen molar-refractivity contribution in [3.05, 3.63) is 40.9 Å². The summed E-state index contributed by atoms with van der Waals surface area (Å²) in [6.45, 7) is 2.90. The molecule has 3 heterocycles. The van der Waals surface area contributed by atoms with Gasteiger partial charge in [-0.25, -0.2) is 9.67 Å². The van der Waals surface area contributed by atoms with Crippen LogP contribution in [0.4, 0.5) is 0 Å². The summed E-state index contributed by atoms with van der Waals surface area (Å²) in [5.74, 6) is 0. The molecule has 3 rings (SSSR count). The fourth-order valence-corrected chi connectivity index (χ4v) is 2.79. The molecule has 23 heavy (non-hydrogen) atoms. The maximum absolute atomic E-state index is 11.7. The highest BCUT2D eigenvalue weighted by atomic mass is 35.5. The number of methoxy groups -OCH3 is 1. The molecule has 3 aromatic heterocycles. The third kappa shape index (κ3) is 2.71. The number of hydrogen-bond donors (Lipinski definition) is 0. The van der Waals surface area contributed by atoms with E-state index in [4.69, 9.17) is 16.3 Å². The van der Waals surface area contributed by atoms with Gasteiger partial charge in [-0.3, -0.25) is 9.78 Å². The molecule has 118 valence electrons. The monoisotopic (exact) mass is 330 g/mol. The molecule has 0 saturated carbocycles. The molecule has 0 fully saturated rings. The fourth-order valence-electron chi connectivity index (χ4n) is 2.62. The molecule has 0 unspecified atom stereocenters. The second-order valence-electron chi connectivity index (χ2n) is 4.99. The van der Waals surface area contributed by atoms with Gasteiger partial charge in [-0.15, -0.1) is 0 Å². The van der Waals surface area contributed by atoms with E-state index in [1.54, 1.807) is 36.4 Å². The van der Waals surface area contributed by atoms with Crippen LogP contribution in [0.2, 0.25) is 5.02 Å². The zero-order chi connectivity index (χ0) is 16.4. The van der Waals surface area contributed by atoms with E-state index >= 15 is 0 Å². The number of aldehydes is 1. The quantitative estimate of drug-likeness (QED) is 0.672. The molecule has 7 heteroatoms. The number of fused-ring (bicyclic) bond motifs is 1. The van der Waals surface area contributed by atoms with Gasteiger partial charge in [-0.1, -0.05) is 11.6 Å². The first-order valence-electron chi connectivity index (χ1n) is 7.13. The molecule has 0 saturated heterocycles. The maximum Gasteiger partial charge on any atom is 0.158 e. The SMILES string of the molecule is CCn1ncc2c(-c3cncc(Cl)c3)c(C=O)c(COC)nc21. The van der Waals surface area contributed by atoms with Crippen LogP contribution >= 0.6 is 11.6 Å². The number of carbonyl (C=O) groups is 1. The molecule has 3 aromatic rings. The topological polar surface area (TPSA) is 69.9 Å². The van der Waals surface area contributed by atoms with Crippen molar-refractivity contribution in [2.24, 2.45) is 0 Å². The highest BCUT2D eigenvalue weighted by molar-refractivity contribution is 6.30. The number of hydrogen-bond acceptors (Lipinski definition) is 5. The van der Waals surface area contributed by atoms with Crippen LogP contribution in [-0.2, 0) is 17.9 Å². The lowest BCUT2D eigenvalue weighted by molar-refractivity contribution is 0.111. The van der Waals surface area contributed by atoms with Crippen LogP contribution in [0.1, 0.15) is 23.0 Å². The average molecular weight is 331 g/mol. The summed E-state index contributed by atoms with van der Waals surface area (Å²) in [5, 5.41) is 5.63. The van der Waals surface area contributed by atoms with Crippen molar-refractivity contribution in [2.45, 2.75) is 20.1 Å². The second-order valence-corrected chi connectivity index (χ2v) is 5.42. The molecular formula is C16H15ClN4O2. The largest absolute Gasteiger partial charge is 0.378 e. The first-order valence-corrected chi connectivity index (χ1v) is 7.50. The molecule has 0 N–H and O–H groups in total. The van der Waals surface area contributed by atoms with E-state index in [0.717, 1.165) is 22.8 Å². The van der Waals surface area contributed by atoms with E-state index in [0.29, 0.717) is 28.5 Å². The Bertz CT molecular complexity index is 876. The van der Waals surface area contributed by atoms with Crippen molar-refractivity contribution in [3.63, 3.8) is 0 Å². The van der Waals surface area contributed by atoms with Crippen LogP contribution in [0.15, 0.2) is 24.7 Å². The Morgan fingerprint density at radius 1 is 1.35 bits per heavy atom. The van der Waals surface area contributed by atoms with Gasteiger partial charge in [0.1, 0.15) is 0 Å². The molecule has 0 amide bonds. The van der Waals surface area contributed by atoms with Crippen molar-refractivity contribution in [2.75, 3.05) is 7.11 Å². The zero-order valence-corrected chi connectivity index (χ0v) is 13.5. The minimum Gasteiger partial charge on any atom is -0.378 e. The second kappa shape index (κ2) is 6.44. The van der Waals surface area contributed by atoms with Crippen LogP contribution in [0.5, 0.6) is 0 Å². The summed E-state index contributed by atoms with van der Waals surface area (Å²) >= 11 is 6.06. The van der Waals surface area contributed by atoms with Crippen LogP contribution in [-0.4, -0.2) is 33.1 Å². The van der Waals surface area contributed by atoms with Gasteiger partial charge in [0.05, 0.1) is 23.5 Å². The van der Waals surface area contributed by atoms with E-state index in [1.165, 1.54) is 0 Å². The highest BCUT2D eigenvalue weighted by Gasteiger charge is 2.19. The normalized spacial score (nSPS) is 11.1. The maximum atomic E-state index is 11.7. The lowest BCUT2D eigenvalue weighted by atomic mass is 9.98. The first kappa shape index (κ1) is 15.6. The van der Waals surface area contributed by atoms with Crippen LogP contribution in [0.3, 0.4) is 0 Å². The van der Waals surface area contributed by atoms with Crippen LogP contribution < -0.4 is 0 Å². The predicted octanol–water partition coefficient (Wildman–Crippen LogP) is 3.13. The first-order chi connectivity index (χ1) is 11.2. The van der Waals surface area contributed by atoms with E-state index in [9.17, 15) is 4.79 Å². The molecule has 0 aliphatic heterocycles. The number of aryl methyl sites for hydroxylation is 1. The van der Waals surface area contributed by atoms with Gasteiger partial charge in [0.15, 0.2) is 11.9 Å². The van der Waals surface area contributed by atoms with E-state index in [1.807, 2.05) is 6.92 Å². The van der Waals surface area contributed by atoms with Gasteiger partial charge in [0.2, 0.25) is 0 Å². The molecule has 0 aliphatic carbocycles. The predicted molar refractivity (Wildman–Crippen MR) is 87.5 cm³/mol. The lowest BCUT2D eigenvalue weighted by Gasteiger charge is -2.12. The molecule has 0 radical (unpaired) electrons. The summed E-state index contributed by atoms with van der Waals surface area (Å²) in [6, 6.07) is 1.77. The van der Waals surface area contributed by atoms with Crippen molar-refractivity contribution >= 4 is 28.9 Å². The Kier molecular flexibility index (Phi) is 4.36. The number of ether oxygens (including phenoxy) is 1. The van der Waals surface area contributed by atoms with E-state index < -0.39 is 0 Å². The standard InChI is InChI=1S/C16H15ClN4O2/c1-3-21-16-12(7-19-21)15(10-4-11(17)6-18-5-10)13(8-22)14(20-16)9-23-2/h4-8H,3,9H2,1-2H3. The lowest BCUT2D eigenvalue weighted by Crippen LogP contribution is -2.05. The van der Waals surface area contributed by atoms with Gasteiger partial charge < -0.3 is 4.74 Å². The molecule has 0 aliphatic rings. The Labute approximate surface area is 138 Å². The Morgan fingerprint density at radius 3 is 2.83 bits per heavy atom. The average Bonchev–Trinajstić information content (AvgIpc) is 2.96. The fraction of sp³-hybridized carbons (Fsp3) is 0.250. The van der Waals surface area contributed by atoms with Gasteiger partial charge in [-0.05, 0) is 13.0 Å². The summed E-state index contributed by atoms with van der Waals surface area (Å²) < 4.78 is 6.97. The summed E-state index contributed by atoms with van der Waals surface area (Å²) in [6.07, 6.45) is 5.73. The molecule has 0 bridgehead atoms. The van der Waals surface area contributed by atoms with Crippen LogP contribution in [0, 0.1) is 0 Å².